The Morgan fingerprint density at radius 3 is 2.55 bits per heavy atom. The summed E-state index contributed by atoms with van der Waals surface area (Å²) in [4.78, 5) is 12.2. The fourth-order valence-corrected chi connectivity index (χ4v) is 2.69. The smallest absolute Gasteiger partial charge is 0.255 e. The Labute approximate surface area is 132 Å². The van der Waals surface area contributed by atoms with E-state index >= 15 is 0 Å². The van der Waals surface area contributed by atoms with Gasteiger partial charge in [0.25, 0.3) is 5.91 Å². The molecule has 1 N–H and O–H groups in total. The second-order valence-electron chi connectivity index (χ2n) is 4.90. The van der Waals surface area contributed by atoms with Crippen LogP contribution in [0.1, 0.15) is 21.5 Å². The van der Waals surface area contributed by atoms with Gasteiger partial charge in [0.05, 0.1) is 12.5 Å². The molecule has 0 fully saturated rings. The van der Waals surface area contributed by atoms with E-state index in [0.717, 1.165) is 11.1 Å². The van der Waals surface area contributed by atoms with Gasteiger partial charge < -0.3 is 5.32 Å². The van der Waals surface area contributed by atoms with E-state index in [9.17, 15) is 9.00 Å². The van der Waals surface area contributed by atoms with E-state index in [1.165, 1.54) is 0 Å². The molecule has 22 heavy (non-hydrogen) atoms. The molecule has 1 atom stereocenters. The minimum absolute atomic E-state index is 0.211. The highest BCUT2D eigenvalue weighted by Crippen LogP contribution is 2.13. The lowest BCUT2D eigenvalue weighted by Gasteiger charge is -2.07. The summed E-state index contributed by atoms with van der Waals surface area (Å²) >= 11 is 0. The number of nitrogens with one attached hydrogen (secondary N) is 1. The highest BCUT2D eigenvalue weighted by atomic mass is 32.2. The lowest BCUT2D eigenvalue weighted by atomic mass is 10.1. The summed E-state index contributed by atoms with van der Waals surface area (Å²) in [6.07, 6.45) is 1.99. The van der Waals surface area contributed by atoms with Crippen molar-refractivity contribution in [3.8, 4) is 6.07 Å². The maximum atomic E-state index is 12.2. The molecule has 5 heteroatoms. The zero-order chi connectivity index (χ0) is 15.9. The third-order valence-corrected chi connectivity index (χ3v) is 3.79. The molecule has 0 spiro atoms. The molecule has 0 aliphatic heterocycles. The molecule has 0 saturated carbocycles. The molecular weight excluding hydrogens is 296 g/mol. The molecule has 4 nitrogen and oxygen atoms in total. The Bertz CT molecular complexity index is 733. The van der Waals surface area contributed by atoms with Gasteiger partial charge in [0.15, 0.2) is 0 Å². The van der Waals surface area contributed by atoms with Gasteiger partial charge >= 0.3 is 0 Å². The molecule has 1 amide bonds. The van der Waals surface area contributed by atoms with Gasteiger partial charge in [0, 0.05) is 34.1 Å². The van der Waals surface area contributed by atoms with Crippen LogP contribution in [-0.4, -0.2) is 16.4 Å². The molecule has 112 valence electrons. The summed E-state index contributed by atoms with van der Waals surface area (Å²) in [5.74, 6) is 0.223. The molecule has 0 saturated heterocycles. The maximum absolute atomic E-state index is 12.2. The summed E-state index contributed by atoms with van der Waals surface area (Å²) in [5.41, 5.74) is 2.99. The number of hydrogen-bond acceptors (Lipinski definition) is 3. The minimum Gasteiger partial charge on any atom is -0.322 e. The van der Waals surface area contributed by atoms with Crippen LogP contribution in [0.15, 0.2) is 48.5 Å². The number of nitriles is 1. The van der Waals surface area contributed by atoms with Gasteiger partial charge in [0.1, 0.15) is 0 Å². The van der Waals surface area contributed by atoms with Crippen molar-refractivity contribution in [2.45, 2.75) is 12.2 Å². The van der Waals surface area contributed by atoms with Crippen LogP contribution in [0.5, 0.6) is 0 Å². The summed E-state index contributed by atoms with van der Waals surface area (Å²) in [5, 5.41) is 11.4. The van der Waals surface area contributed by atoms with Crippen LogP contribution in [0.25, 0.3) is 0 Å². The molecule has 0 heterocycles. The first-order valence-corrected chi connectivity index (χ1v) is 8.47. The molecule has 2 aromatic rings. The second kappa shape index (κ2) is 7.53. The van der Waals surface area contributed by atoms with Crippen molar-refractivity contribution in [1.29, 1.82) is 5.26 Å². The summed E-state index contributed by atoms with van der Waals surface area (Å²) in [6.45, 7) is 0. The highest BCUT2D eigenvalue weighted by molar-refractivity contribution is 7.83. The van der Waals surface area contributed by atoms with Crippen LogP contribution in [-0.2, 0) is 23.0 Å². The SMILES string of the molecule is CS(=O)Cc1cccc(C(=O)Nc2ccc(CC#N)cc2)c1. The maximum Gasteiger partial charge on any atom is 0.255 e. The number of hydrogen-bond donors (Lipinski definition) is 1. The zero-order valence-electron chi connectivity index (χ0n) is 12.2. The van der Waals surface area contributed by atoms with Crippen LogP contribution in [0, 0.1) is 11.3 Å². The van der Waals surface area contributed by atoms with Gasteiger partial charge in [-0.15, -0.1) is 0 Å². The Morgan fingerprint density at radius 2 is 1.91 bits per heavy atom. The monoisotopic (exact) mass is 312 g/mol. The van der Waals surface area contributed by atoms with Crippen molar-refractivity contribution in [3.05, 3.63) is 65.2 Å². The van der Waals surface area contributed by atoms with Crippen LogP contribution < -0.4 is 5.32 Å². The third kappa shape index (κ3) is 4.54. The largest absolute Gasteiger partial charge is 0.322 e. The Hall–Kier alpha value is -2.45. The van der Waals surface area contributed by atoms with E-state index in [1.54, 1.807) is 36.6 Å². The molecule has 2 rings (SSSR count). The highest BCUT2D eigenvalue weighted by Gasteiger charge is 2.07. The fourth-order valence-electron chi connectivity index (χ4n) is 2.04. The molecule has 0 bridgehead atoms. The third-order valence-electron chi connectivity index (χ3n) is 3.05. The minimum atomic E-state index is -0.939. The Morgan fingerprint density at radius 1 is 1.18 bits per heavy atom. The molecule has 0 aliphatic carbocycles. The van der Waals surface area contributed by atoms with E-state index in [4.69, 9.17) is 5.26 Å². The van der Waals surface area contributed by atoms with Crippen molar-refractivity contribution in [3.63, 3.8) is 0 Å². The number of carbonyl (C=O) groups excluding carboxylic acids is 1. The zero-order valence-corrected chi connectivity index (χ0v) is 13.0. The topological polar surface area (TPSA) is 70.0 Å². The van der Waals surface area contributed by atoms with Gasteiger partial charge in [-0.2, -0.15) is 5.26 Å². The standard InChI is InChI=1S/C17H16N2O2S/c1-22(21)12-14-3-2-4-15(11-14)17(20)19-16-7-5-13(6-8-16)9-10-18/h2-8,11H,9,12H2,1H3,(H,19,20). The number of carbonyl (C=O) groups is 1. The second-order valence-corrected chi connectivity index (χ2v) is 6.34. The fraction of sp³-hybridized carbons (Fsp3) is 0.176. The van der Waals surface area contributed by atoms with E-state index in [1.807, 2.05) is 18.2 Å². The van der Waals surface area contributed by atoms with Crippen molar-refractivity contribution in [2.75, 3.05) is 11.6 Å². The molecule has 0 radical (unpaired) electrons. The van der Waals surface area contributed by atoms with E-state index in [2.05, 4.69) is 11.4 Å². The van der Waals surface area contributed by atoms with Crippen LogP contribution in [0.3, 0.4) is 0 Å². The molecule has 0 aromatic heterocycles. The van der Waals surface area contributed by atoms with Crippen molar-refractivity contribution >= 4 is 22.4 Å². The molecular formula is C17H16N2O2S. The lowest BCUT2D eigenvalue weighted by molar-refractivity contribution is 0.102. The van der Waals surface area contributed by atoms with E-state index in [0.29, 0.717) is 23.4 Å². The van der Waals surface area contributed by atoms with Crippen molar-refractivity contribution in [2.24, 2.45) is 0 Å². The summed E-state index contributed by atoms with van der Waals surface area (Å²) in [7, 11) is -0.939. The number of rotatable bonds is 5. The van der Waals surface area contributed by atoms with Gasteiger partial charge in [-0.25, -0.2) is 0 Å². The summed E-state index contributed by atoms with van der Waals surface area (Å²) in [6, 6.07) is 16.4. The van der Waals surface area contributed by atoms with Crippen LogP contribution in [0.4, 0.5) is 5.69 Å². The number of benzene rings is 2. The average Bonchev–Trinajstić information content (AvgIpc) is 2.49. The summed E-state index contributed by atoms with van der Waals surface area (Å²) < 4.78 is 11.3. The normalized spacial score (nSPS) is 11.5. The lowest BCUT2D eigenvalue weighted by Crippen LogP contribution is -2.12. The number of amides is 1. The Balaban J connectivity index is 2.08. The van der Waals surface area contributed by atoms with E-state index < -0.39 is 10.8 Å². The van der Waals surface area contributed by atoms with E-state index in [-0.39, 0.29) is 5.91 Å². The first kappa shape index (κ1) is 15.9. The number of anilines is 1. The van der Waals surface area contributed by atoms with Crippen molar-refractivity contribution in [1.82, 2.24) is 0 Å². The van der Waals surface area contributed by atoms with Gasteiger partial charge in [-0.1, -0.05) is 24.3 Å². The Kier molecular flexibility index (Phi) is 5.45. The van der Waals surface area contributed by atoms with Gasteiger partial charge in [-0.3, -0.25) is 9.00 Å². The van der Waals surface area contributed by atoms with Crippen LogP contribution >= 0.6 is 0 Å². The first-order chi connectivity index (χ1) is 10.6. The number of nitrogens with zero attached hydrogens (tertiary/aromatic N) is 1. The predicted octanol–water partition coefficient (Wildman–Crippen LogP) is 2.88. The van der Waals surface area contributed by atoms with Crippen molar-refractivity contribution < 1.29 is 9.00 Å². The van der Waals surface area contributed by atoms with Crippen LogP contribution in [0.2, 0.25) is 0 Å². The first-order valence-electron chi connectivity index (χ1n) is 6.74. The quantitative estimate of drug-likeness (QED) is 0.923. The average molecular weight is 312 g/mol. The molecule has 1 unspecified atom stereocenters. The van der Waals surface area contributed by atoms with Gasteiger partial charge in [0.2, 0.25) is 0 Å². The van der Waals surface area contributed by atoms with Gasteiger partial charge in [-0.05, 0) is 35.4 Å². The molecule has 2 aromatic carbocycles. The predicted molar refractivity (Wildman–Crippen MR) is 87.9 cm³/mol. The molecule has 0 aliphatic rings.